The van der Waals surface area contributed by atoms with Gasteiger partial charge in [0.05, 0.1) is 26.4 Å². The highest BCUT2D eigenvalue weighted by atomic mass is 31.2. The van der Waals surface area contributed by atoms with Gasteiger partial charge in [0, 0.05) is 25.7 Å². The van der Waals surface area contributed by atoms with E-state index in [1.165, 1.54) is 109 Å². The van der Waals surface area contributed by atoms with E-state index in [4.69, 9.17) is 37.0 Å². The number of esters is 4. The van der Waals surface area contributed by atoms with Gasteiger partial charge in [-0.25, -0.2) is 9.13 Å². The Labute approximate surface area is 498 Å². The third-order valence-corrected chi connectivity index (χ3v) is 16.7. The molecule has 0 aliphatic carbocycles. The monoisotopic (exact) mass is 1210 g/mol. The van der Waals surface area contributed by atoms with E-state index in [2.05, 4.69) is 41.5 Å². The molecule has 0 rings (SSSR count). The first-order valence-electron chi connectivity index (χ1n) is 33.0. The van der Waals surface area contributed by atoms with Crippen molar-refractivity contribution in [3.8, 4) is 0 Å². The fourth-order valence-corrected chi connectivity index (χ4v) is 10.9. The molecule has 0 radical (unpaired) electrons. The van der Waals surface area contributed by atoms with Crippen LogP contribution in [0.2, 0.25) is 0 Å². The van der Waals surface area contributed by atoms with E-state index in [1.807, 2.05) is 0 Å². The number of unbranched alkanes of at least 4 members (excludes halogenated alkanes) is 31. The van der Waals surface area contributed by atoms with Crippen LogP contribution in [-0.4, -0.2) is 96.7 Å². The van der Waals surface area contributed by atoms with Crippen molar-refractivity contribution in [2.75, 3.05) is 39.6 Å². The molecule has 3 unspecified atom stereocenters. The number of carbonyl (C=O) groups excluding carboxylic acids is 4. The summed E-state index contributed by atoms with van der Waals surface area (Å²) in [5, 5.41) is 10.5. The van der Waals surface area contributed by atoms with Crippen LogP contribution < -0.4 is 0 Å². The summed E-state index contributed by atoms with van der Waals surface area (Å²) in [5.41, 5.74) is 0. The number of aliphatic hydroxyl groups is 1. The molecule has 19 heteroatoms. The van der Waals surface area contributed by atoms with Gasteiger partial charge >= 0.3 is 39.5 Å². The summed E-state index contributed by atoms with van der Waals surface area (Å²) in [7, 11) is -9.88. The van der Waals surface area contributed by atoms with Gasteiger partial charge in [-0.2, -0.15) is 0 Å². The first kappa shape index (κ1) is 80.1. The second kappa shape index (κ2) is 55.6. The van der Waals surface area contributed by atoms with Crippen LogP contribution in [0, 0.1) is 11.8 Å². The normalized spacial score (nSPS) is 14.7. The molecule has 0 heterocycles. The molecule has 0 amide bonds. The fraction of sp³-hybridized carbons (Fsp3) is 0.937. The number of rotatable bonds is 62. The van der Waals surface area contributed by atoms with E-state index in [9.17, 15) is 43.2 Å². The lowest BCUT2D eigenvalue weighted by Gasteiger charge is -2.21. The van der Waals surface area contributed by atoms with Crippen LogP contribution in [0.4, 0.5) is 0 Å². The maximum absolute atomic E-state index is 13.0. The van der Waals surface area contributed by atoms with Gasteiger partial charge in [0.15, 0.2) is 12.2 Å². The van der Waals surface area contributed by atoms with Gasteiger partial charge in [-0.3, -0.25) is 37.3 Å². The van der Waals surface area contributed by atoms with E-state index in [-0.39, 0.29) is 25.7 Å². The van der Waals surface area contributed by atoms with Crippen molar-refractivity contribution in [3.63, 3.8) is 0 Å². The molecule has 0 aliphatic heterocycles. The minimum atomic E-state index is -4.94. The van der Waals surface area contributed by atoms with Crippen molar-refractivity contribution in [2.24, 2.45) is 11.8 Å². The van der Waals surface area contributed by atoms with E-state index in [0.717, 1.165) is 121 Å². The number of carbonyl (C=O) groups is 4. The van der Waals surface area contributed by atoms with Crippen molar-refractivity contribution >= 4 is 39.5 Å². The van der Waals surface area contributed by atoms with Gasteiger partial charge in [-0.05, 0) is 37.5 Å². The summed E-state index contributed by atoms with van der Waals surface area (Å²) < 4.78 is 67.8. The van der Waals surface area contributed by atoms with Crippen LogP contribution in [0.5, 0.6) is 0 Å². The summed E-state index contributed by atoms with van der Waals surface area (Å²) >= 11 is 0. The van der Waals surface area contributed by atoms with E-state index < -0.39 is 97.5 Å². The predicted octanol–water partition coefficient (Wildman–Crippen LogP) is 17.3. The van der Waals surface area contributed by atoms with Crippen LogP contribution in [0.1, 0.15) is 311 Å². The highest BCUT2D eigenvalue weighted by molar-refractivity contribution is 7.47. The minimum Gasteiger partial charge on any atom is -0.462 e. The Balaban J connectivity index is 5.21. The molecule has 6 atom stereocenters. The molecule has 486 valence electrons. The maximum atomic E-state index is 13.0. The van der Waals surface area contributed by atoms with Crippen molar-refractivity contribution in [1.82, 2.24) is 0 Å². The molecule has 82 heavy (non-hydrogen) atoms. The lowest BCUT2D eigenvalue weighted by molar-refractivity contribution is -0.161. The summed E-state index contributed by atoms with van der Waals surface area (Å²) in [4.78, 5) is 72.0. The average Bonchev–Trinajstić information content (AvgIpc) is 3.46. The number of phosphoric acid groups is 2. The second-order valence-electron chi connectivity index (χ2n) is 23.5. The number of aliphatic hydroxyl groups excluding tert-OH is 1. The van der Waals surface area contributed by atoms with Gasteiger partial charge in [0.2, 0.25) is 0 Å². The molecule has 3 N–H and O–H groups in total. The molecule has 17 nitrogen and oxygen atoms in total. The third-order valence-electron chi connectivity index (χ3n) is 14.8. The Morgan fingerprint density at radius 1 is 0.354 bits per heavy atom. The summed E-state index contributed by atoms with van der Waals surface area (Å²) in [6, 6.07) is 0. The lowest BCUT2D eigenvalue weighted by Crippen LogP contribution is -2.30. The van der Waals surface area contributed by atoms with Crippen LogP contribution in [0.15, 0.2) is 0 Å². The largest absolute Gasteiger partial charge is 0.472 e. The first-order chi connectivity index (χ1) is 39.4. The number of hydrogen-bond donors (Lipinski definition) is 3. The van der Waals surface area contributed by atoms with Gasteiger partial charge in [-0.1, -0.05) is 260 Å². The van der Waals surface area contributed by atoms with Crippen molar-refractivity contribution in [1.29, 1.82) is 0 Å². The predicted molar refractivity (Wildman–Crippen MR) is 326 cm³/mol. The van der Waals surface area contributed by atoms with Gasteiger partial charge in [0.1, 0.15) is 19.3 Å². The highest BCUT2D eigenvalue weighted by Crippen LogP contribution is 2.45. The van der Waals surface area contributed by atoms with Crippen LogP contribution in [0.3, 0.4) is 0 Å². The van der Waals surface area contributed by atoms with Crippen molar-refractivity contribution in [2.45, 2.75) is 330 Å². The summed E-state index contributed by atoms with van der Waals surface area (Å²) in [6.07, 6.45) is 37.6. The SMILES string of the molecule is CCCCCCCCCCC(=O)O[C@H](COC(=O)CCCCCCCCC)COP(=O)(O)OC[C@H](O)COP(=O)(O)OC[C@@H](COC(=O)CCCCCCCCCCCCC(C)C)OC(=O)CCCCCCCCCCCCC(C)CC. The quantitative estimate of drug-likeness (QED) is 0.0222. The van der Waals surface area contributed by atoms with Crippen LogP contribution in [-0.2, 0) is 65.4 Å². The van der Waals surface area contributed by atoms with E-state index in [1.54, 1.807) is 0 Å². The minimum absolute atomic E-state index is 0.104. The highest BCUT2D eigenvalue weighted by Gasteiger charge is 2.30. The number of hydrogen-bond acceptors (Lipinski definition) is 15. The van der Waals surface area contributed by atoms with Gasteiger partial charge in [0.25, 0.3) is 0 Å². The molecule has 0 aliphatic rings. The van der Waals surface area contributed by atoms with Gasteiger partial charge < -0.3 is 33.8 Å². The molecule has 0 aromatic heterocycles. The zero-order valence-electron chi connectivity index (χ0n) is 52.8. The third kappa shape index (κ3) is 55.9. The number of phosphoric ester groups is 2. The molecule has 0 saturated carbocycles. The molecule has 0 fully saturated rings. The second-order valence-corrected chi connectivity index (χ2v) is 26.4. The van der Waals surface area contributed by atoms with E-state index >= 15 is 0 Å². The first-order valence-corrected chi connectivity index (χ1v) is 36.0. The van der Waals surface area contributed by atoms with Crippen molar-refractivity contribution < 1.29 is 80.2 Å². The Morgan fingerprint density at radius 3 is 0.927 bits per heavy atom. The Hall–Kier alpha value is -1.94. The fourth-order valence-electron chi connectivity index (χ4n) is 9.32. The molecular formula is C63H122O17P2. The summed E-state index contributed by atoms with van der Waals surface area (Å²) in [5.74, 6) is -0.580. The van der Waals surface area contributed by atoms with Gasteiger partial charge in [-0.15, -0.1) is 0 Å². The van der Waals surface area contributed by atoms with Crippen LogP contribution >= 0.6 is 15.6 Å². The zero-order chi connectivity index (χ0) is 60.8. The topological polar surface area (TPSA) is 237 Å². The molecule has 0 saturated heterocycles. The lowest BCUT2D eigenvalue weighted by atomic mass is 9.99. The smallest absolute Gasteiger partial charge is 0.462 e. The Bertz CT molecular complexity index is 1620. The molecule has 0 aromatic carbocycles. The maximum Gasteiger partial charge on any atom is 0.472 e. The molecule has 0 bridgehead atoms. The Kier molecular flexibility index (Phi) is 54.3. The number of ether oxygens (including phenoxy) is 4. The zero-order valence-corrected chi connectivity index (χ0v) is 54.6. The molecule has 0 spiro atoms. The van der Waals surface area contributed by atoms with Crippen molar-refractivity contribution in [3.05, 3.63) is 0 Å². The Morgan fingerprint density at radius 2 is 0.622 bits per heavy atom. The molecular weight excluding hydrogens is 1090 g/mol. The summed E-state index contributed by atoms with van der Waals surface area (Å²) in [6.45, 7) is 9.44. The van der Waals surface area contributed by atoms with E-state index in [0.29, 0.717) is 25.7 Å². The molecule has 0 aromatic rings. The average molecular weight is 1210 g/mol. The standard InChI is InChI=1S/C63H122O17P2/c1-7-10-12-14-16-28-35-41-47-62(67)79-58(51-73-60(65)45-39-33-25-15-13-11-8-2)53-77-81(69,70)75-49-57(64)50-76-82(71,72)78-54-59(52-74-61(66)46-40-34-29-23-19-17-21-26-31-37-43-55(4)5)80-63(68)48-42-36-30-24-20-18-22-27-32-38-44-56(6)9-3/h55-59,64H,7-54H2,1-6H3,(H,69,70)(H,71,72)/t56?,57-,58+,59+/m0/s1. The van der Waals surface area contributed by atoms with Crippen LogP contribution in [0.25, 0.3) is 0 Å².